The summed E-state index contributed by atoms with van der Waals surface area (Å²) < 4.78 is 0. The van der Waals surface area contributed by atoms with Crippen molar-refractivity contribution in [3.8, 4) is 0 Å². The van der Waals surface area contributed by atoms with Gasteiger partial charge in [0.25, 0.3) is 5.91 Å². The lowest BCUT2D eigenvalue weighted by atomic mass is 9.92. The molecule has 0 saturated carbocycles. The average Bonchev–Trinajstić information content (AvgIpc) is 2.46. The highest BCUT2D eigenvalue weighted by atomic mass is 35.5. The highest BCUT2D eigenvalue weighted by Gasteiger charge is 2.29. The number of piperidine rings is 1. The Kier molecular flexibility index (Phi) is 6.84. The van der Waals surface area contributed by atoms with Gasteiger partial charge in [-0.3, -0.25) is 9.59 Å². The quantitative estimate of drug-likeness (QED) is 0.895. The molecule has 1 aromatic rings. The molecule has 1 saturated heterocycles. The lowest BCUT2D eigenvalue weighted by molar-refractivity contribution is -0.114. The Morgan fingerprint density at radius 2 is 1.95 bits per heavy atom. The van der Waals surface area contributed by atoms with Crippen molar-refractivity contribution < 1.29 is 9.59 Å². The molecule has 122 valence electrons. The number of nitrogens with zero attached hydrogens (tertiary/aromatic N) is 1. The van der Waals surface area contributed by atoms with Crippen LogP contribution in [0.1, 0.15) is 37.0 Å². The largest absolute Gasteiger partial charge is 0.334 e. The molecule has 1 aromatic carbocycles. The summed E-state index contributed by atoms with van der Waals surface area (Å²) >= 11 is 0. The Morgan fingerprint density at radius 3 is 2.50 bits per heavy atom. The van der Waals surface area contributed by atoms with Gasteiger partial charge in [-0.05, 0) is 43.0 Å². The summed E-state index contributed by atoms with van der Waals surface area (Å²) in [6.45, 7) is 4.92. The molecule has 0 aliphatic carbocycles. The summed E-state index contributed by atoms with van der Waals surface area (Å²) in [5, 5.41) is 2.69. The maximum absolute atomic E-state index is 12.6. The summed E-state index contributed by atoms with van der Waals surface area (Å²) in [7, 11) is 0. The van der Waals surface area contributed by atoms with Gasteiger partial charge in [0, 0.05) is 37.3 Å². The number of rotatable bonds is 3. The van der Waals surface area contributed by atoms with Crippen molar-refractivity contribution in [2.75, 3.05) is 18.4 Å². The molecule has 1 fully saturated rings. The van der Waals surface area contributed by atoms with E-state index in [1.807, 2.05) is 4.90 Å². The minimum absolute atomic E-state index is 0. The van der Waals surface area contributed by atoms with Gasteiger partial charge in [0.1, 0.15) is 0 Å². The molecular weight excluding hydrogens is 302 g/mol. The molecule has 2 amide bonds. The first-order chi connectivity index (χ1) is 10.0. The van der Waals surface area contributed by atoms with Crippen LogP contribution in [0.2, 0.25) is 0 Å². The standard InChI is InChI=1S/C16H23N3O2.ClH/c1-11-7-8-19(15(9-11)10-17)16(21)13-3-5-14(6-4-13)18-12(2)20;/h3-6,11,15H,7-10,17H2,1-2H3,(H,18,20);1H. The highest BCUT2D eigenvalue weighted by molar-refractivity contribution is 5.95. The first kappa shape index (κ1) is 18.5. The van der Waals surface area contributed by atoms with Gasteiger partial charge < -0.3 is 16.0 Å². The van der Waals surface area contributed by atoms with Crippen LogP contribution in [0.4, 0.5) is 5.69 Å². The van der Waals surface area contributed by atoms with Gasteiger partial charge in [-0.2, -0.15) is 0 Å². The molecule has 6 heteroatoms. The molecule has 1 heterocycles. The van der Waals surface area contributed by atoms with Gasteiger partial charge in [0.15, 0.2) is 0 Å². The lowest BCUT2D eigenvalue weighted by Gasteiger charge is -2.38. The third kappa shape index (κ3) is 4.45. The molecule has 0 spiro atoms. The van der Waals surface area contributed by atoms with E-state index in [-0.39, 0.29) is 30.3 Å². The van der Waals surface area contributed by atoms with Crippen molar-refractivity contribution in [2.45, 2.75) is 32.7 Å². The molecule has 22 heavy (non-hydrogen) atoms. The smallest absolute Gasteiger partial charge is 0.254 e. The zero-order valence-corrected chi connectivity index (χ0v) is 13.9. The molecule has 0 bridgehead atoms. The molecule has 5 nitrogen and oxygen atoms in total. The van der Waals surface area contributed by atoms with Crippen LogP contribution in [0.3, 0.4) is 0 Å². The number of carbonyl (C=O) groups excluding carboxylic acids is 2. The van der Waals surface area contributed by atoms with Gasteiger partial charge in [0.05, 0.1) is 0 Å². The zero-order valence-electron chi connectivity index (χ0n) is 13.0. The number of anilines is 1. The van der Waals surface area contributed by atoms with Crippen LogP contribution in [0.15, 0.2) is 24.3 Å². The number of halogens is 1. The van der Waals surface area contributed by atoms with Crippen LogP contribution in [0.5, 0.6) is 0 Å². The second kappa shape index (κ2) is 8.15. The second-order valence-corrected chi connectivity index (χ2v) is 5.78. The van der Waals surface area contributed by atoms with Crippen LogP contribution >= 0.6 is 12.4 Å². The number of hydrogen-bond acceptors (Lipinski definition) is 3. The van der Waals surface area contributed by atoms with E-state index in [1.54, 1.807) is 24.3 Å². The highest BCUT2D eigenvalue weighted by Crippen LogP contribution is 2.24. The van der Waals surface area contributed by atoms with E-state index >= 15 is 0 Å². The van der Waals surface area contributed by atoms with E-state index in [4.69, 9.17) is 5.73 Å². The number of nitrogens with two attached hydrogens (primary N) is 1. The third-order valence-corrected chi connectivity index (χ3v) is 3.96. The predicted molar refractivity (Wildman–Crippen MR) is 90.3 cm³/mol. The van der Waals surface area contributed by atoms with Crippen LogP contribution in [0.25, 0.3) is 0 Å². The molecule has 1 aliphatic rings. The van der Waals surface area contributed by atoms with Crippen molar-refractivity contribution in [3.05, 3.63) is 29.8 Å². The molecule has 2 rings (SSSR count). The molecule has 2 atom stereocenters. The molecule has 2 unspecified atom stereocenters. The average molecular weight is 326 g/mol. The van der Waals surface area contributed by atoms with Gasteiger partial charge in [-0.15, -0.1) is 12.4 Å². The van der Waals surface area contributed by atoms with Crippen LogP contribution in [-0.2, 0) is 4.79 Å². The van der Waals surface area contributed by atoms with Crippen LogP contribution in [-0.4, -0.2) is 35.8 Å². The van der Waals surface area contributed by atoms with Gasteiger partial charge in [-0.25, -0.2) is 0 Å². The Balaban J connectivity index is 0.00000242. The van der Waals surface area contributed by atoms with Crippen molar-refractivity contribution in [1.29, 1.82) is 0 Å². The topological polar surface area (TPSA) is 75.4 Å². The van der Waals surface area contributed by atoms with E-state index in [0.29, 0.717) is 23.7 Å². The van der Waals surface area contributed by atoms with E-state index in [1.165, 1.54) is 6.92 Å². The fraction of sp³-hybridized carbons (Fsp3) is 0.500. The first-order valence-electron chi connectivity index (χ1n) is 7.40. The third-order valence-electron chi connectivity index (χ3n) is 3.96. The van der Waals surface area contributed by atoms with Crippen molar-refractivity contribution in [3.63, 3.8) is 0 Å². The molecule has 0 radical (unpaired) electrons. The predicted octanol–water partition coefficient (Wildman–Crippen LogP) is 2.27. The molecular formula is C16H24ClN3O2. The van der Waals surface area contributed by atoms with Crippen molar-refractivity contribution >= 4 is 29.9 Å². The number of hydrogen-bond donors (Lipinski definition) is 2. The number of benzene rings is 1. The van der Waals surface area contributed by atoms with Crippen LogP contribution < -0.4 is 11.1 Å². The minimum atomic E-state index is -0.123. The molecule has 0 aromatic heterocycles. The number of likely N-dealkylation sites (tertiary alicyclic amines) is 1. The Labute approximate surface area is 137 Å². The van der Waals surface area contributed by atoms with E-state index in [2.05, 4.69) is 12.2 Å². The zero-order chi connectivity index (χ0) is 15.4. The lowest BCUT2D eigenvalue weighted by Crippen LogP contribution is -2.49. The fourth-order valence-electron chi connectivity index (χ4n) is 2.81. The Bertz CT molecular complexity index is 519. The Morgan fingerprint density at radius 1 is 1.32 bits per heavy atom. The van der Waals surface area contributed by atoms with E-state index in [9.17, 15) is 9.59 Å². The second-order valence-electron chi connectivity index (χ2n) is 5.78. The number of amides is 2. The Hall–Kier alpha value is -1.59. The van der Waals surface area contributed by atoms with E-state index in [0.717, 1.165) is 19.4 Å². The summed E-state index contributed by atoms with van der Waals surface area (Å²) in [6.07, 6.45) is 1.98. The van der Waals surface area contributed by atoms with Crippen molar-refractivity contribution in [1.82, 2.24) is 4.90 Å². The van der Waals surface area contributed by atoms with Crippen molar-refractivity contribution in [2.24, 2.45) is 11.7 Å². The van der Waals surface area contributed by atoms with E-state index < -0.39 is 0 Å². The fourth-order valence-corrected chi connectivity index (χ4v) is 2.81. The number of carbonyl (C=O) groups is 2. The summed E-state index contributed by atoms with van der Waals surface area (Å²) in [5.74, 6) is 0.513. The maximum atomic E-state index is 12.6. The molecule has 3 N–H and O–H groups in total. The minimum Gasteiger partial charge on any atom is -0.334 e. The van der Waals surface area contributed by atoms with Crippen LogP contribution in [0, 0.1) is 5.92 Å². The maximum Gasteiger partial charge on any atom is 0.254 e. The summed E-state index contributed by atoms with van der Waals surface area (Å²) in [4.78, 5) is 25.5. The normalized spacial score (nSPS) is 21.0. The molecule has 1 aliphatic heterocycles. The monoisotopic (exact) mass is 325 g/mol. The SMILES string of the molecule is CC(=O)Nc1ccc(C(=O)N2CCC(C)CC2CN)cc1.Cl. The van der Waals surface area contributed by atoms with Gasteiger partial charge in [-0.1, -0.05) is 6.92 Å². The number of nitrogens with one attached hydrogen (secondary N) is 1. The summed E-state index contributed by atoms with van der Waals surface area (Å²) in [6, 6.07) is 7.12. The summed E-state index contributed by atoms with van der Waals surface area (Å²) in [5.41, 5.74) is 7.14. The van der Waals surface area contributed by atoms with Gasteiger partial charge >= 0.3 is 0 Å². The first-order valence-corrected chi connectivity index (χ1v) is 7.40. The van der Waals surface area contributed by atoms with Gasteiger partial charge in [0.2, 0.25) is 5.91 Å².